The Balaban J connectivity index is 2.24. The summed E-state index contributed by atoms with van der Waals surface area (Å²) in [6.07, 6.45) is 8.56. The number of esters is 1. The lowest BCUT2D eigenvalue weighted by Crippen LogP contribution is -2.46. The van der Waals surface area contributed by atoms with E-state index >= 15 is 0 Å². The molecule has 2 rings (SSSR count). The Morgan fingerprint density at radius 2 is 1.93 bits per heavy atom. The molecule has 0 bridgehead atoms. The molecule has 0 saturated carbocycles. The average Bonchev–Trinajstić information content (AvgIpc) is 3.36. The highest BCUT2D eigenvalue weighted by Gasteiger charge is 2.25. The molecule has 220 valence electrons. The van der Waals surface area contributed by atoms with Crippen molar-refractivity contribution in [3.63, 3.8) is 0 Å². The van der Waals surface area contributed by atoms with Crippen molar-refractivity contribution < 1.29 is 33.8 Å². The van der Waals surface area contributed by atoms with E-state index in [0.717, 1.165) is 4.57 Å². The fourth-order valence-corrected chi connectivity index (χ4v) is 3.51. The average molecular weight is 571 g/mol. The van der Waals surface area contributed by atoms with Gasteiger partial charge in [0.05, 0.1) is 19.1 Å². The summed E-state index contributed by atoms with van der Waals surface area (Å²) in [5.74, 6) is -4.27. The van der Waals surface area contributed by atoms with Crippen molar-refractivity contribution >= 4 is 35.3 Å². The van der Waals surface area contributed by atoms with E-state index in [9.17, 15) is 33.9 Å². The van der Waals surface area contributed by atoms with Gasteiger partial charge in [-0.2, -0.15) is 0 Å². The van der Waals surface area contributed by atoms with Gasteiger partial charge in [0.1, 0.15) is 29.7 Å². The van der Waals surface area contributed by atoms with Crippen LogP contribution in [0.1, 0.15) is 44.1 Å². The van der Waals surface area contributed by atoms with Crippen LogP contribution < -0.4 is 21.5 Å². The van der Waals surface area contributed by atoms with Crippen LogP contribution in [0.15, 0.2) is 59.6 Å². The normalized spacial score (nSPS) is 12.8. The molecule has 14 heteroatoms. The smallest absolute Gasteiger partial charge is 0.330 e. The molecule has 0 spiro atoms. The molecule has 2 atom stereocenters. The topological polar surface area (TPSA) is 191 Å². The number of aromatic nitrogens is 3. The molecule has 2 heterocycles. The molecule has 2 aromatic heterocycles. The number of rotatable bonds is 14. The zero-order valence-corrected chi connectivity index (χ0v) is 23.2. The van der Waals surface area contributed by atoms with E-state index < -0.39 is 47.8 Å². The highest BCUT2D eigenvalue weighted by atomic mass is 16.5. The first kappa shape index (κ1) is 32.2. The van der Waals surface area contributed by atoms with Crippen molar-refractivity contribution in [1.29, 1.82) is 0 Å². The quantitative estimate of drug-likeness (QED) is 0.189. The van der Waals surface area contributed by atoms with Gasteiger partial charge in [-0.15, -0.1) is 0 Å². The Hall–Kier alpha value is -5.01. The third-order valence-corrected chi connectivity index (χ3v) is 5.92. The zero-order valence-electron chi connectivity index (χ0n) is 23.2. The number of aliphatic carboxylic acids is 1. The summed E-state index contributed by atoms with van der Waals surface area (Å²) < 4.78 is 7.27. The Morgan fingerprint density at radius 1 is 1.20 bits per heavy atom. The number of anilines is 1. The summed E-state index contributed by atoms with van der Waals surface area (Å²) in [6, 6.07) is 1.61. The van der Waals surface area contributed by atoms with Crippen LogP contribution in [0.3, 0.4) is 0 Å². The van der Waals surface area contributed by atoms with Crippen LogP contribution in [-0.2, 0) is 37.5 Å². The van der Waals surface area contributed by atoms with E-state index in [-0.39, 0.29) is 36.0 Å². The highest BCUT2D eigenvalue weighted by molar-refractivity contribution is 6.07. The van der Waals surface area contributed by atoms with Crippen LogP contribution in [0, 0.1) is 5.92 Å². The number of nitrogens with zero attached hydrogens (tertiary/aromatic N) is 3. The van der Waals surface area contributed by atoms with E-state index in [2.05, 4.69) is 20.9 Å². The van der Waals surface area contributed by atoms with Gasteiger partial charge >= 0.3 is 11.9 Å². The number of hydrogen-bond acceptors (Lipinski definition) is 8. The van der Waals surface area contributed by atoms with E-state index in [0.29, 0.717) is 6.42 Å². The number of ether oxygens (including phenoxy) is 1. The van der Waals surface area contributed by atoms with Gasteiger partial charge in [-0.25, -0.2) is 14.6 Å². The fourth-order valence-electron chi connectivity index (χ4n) is 3.51. The first-order valence-electron chi connectivity index (χ1n) is 12.8. The number of carbonyl (C=O) groups excluding carboxylic acids is 4. The first-order chi connectivity index (χ1) is 19.5. The van der Waals surface area contributed by atoms with Gasteiger partial charge in [-0.3, -0.25) is 19.2 Å². The van der Waals surface area contributed by atoms with Crippen LogP contribution in [0.5, 0.6) is 0 Å². The Kier molecular flexibility index (Phi) is 12.2. The van der Waals surface area contributed by atoms with Crippen LogP contribution in [-0.4, -0.2) is 61.5 Å². The standard InChI is InChI=1S/C27H34N6O8/c1-5-17(3)23(27(39)40)31-21(34)15-33-13-9-11-19(26(33)38)30-24(36)18(10-7-8-12-22(35)41-6-2)29-25(37)20-14-28-16-32(20)4/h8-14,16-17,23H,5-7,15H2,1-4H3,(H,29,37)(H,30,36)(H,31,34)(H,39,40)/b12-8+,18-10+/t17?,23-/m0/s1. The fraction of sp³-hybridized carbons (Fsp3) is 0.370. The summed E-state index contributed by atoms with van der Waals surface area (Å²) in [7, 11) is 1.59. The second-order valence-electron chi connectivity index (χ2n) is 8.93. The monoisotopic (exact) mass is 570 g/mol. The largest absolute Gasteiger partial charge is 0.480 e. The highest BCUT2D eigenvalue weighted by Crippen LogP contribution is 2.09. The van der Waals surface area contributed by atoms with Crippen molar-refractivity contribution in [3.05, 3.63) is 70.8 Å². The van der Waals surface area contributed by atoms with Crippen molar-refractivity contribution in [2.24, 2.45) is 13.0 Å². The number of nitrogens with one attached hydrogen (secondary N) is 3. The molecular weight excluding hydrogens is 536 g/mol. The Labute approximate surface area is 236 Å². The zero-order chi connectivity index (χ0) is 30.5. The van der Waals surface area contributed by atoms with Gasteiger partial charge in [-0.05, 0) is 31.4 Å². The van der Waals surface area contributed by atoms with Gasteiger partial charge in [0.25, 0.3) is 17.4 Å². The molecule has 2 aromatic rings. The SMILES string of the molecule is CCOC(=O)/C=C/C/C=C(/NC(=O)c1cncn1C)C(=O)Nc1cccn(CC(=O)N[C@H](C(=O)O)C(C)CC)c1=O. The molecule has 0 aromatic carbocycles. The first-order valence-corrected chi connectivity index (χ1v) is 12.8. The van der Waals surface area contributed by atoms with Gasteiger partial charge in [0.2, 0.25) is 5.91 Å². The van der Waals surface area contributed by atoms with Gasteiger partial charge in [0, 0.05) is 19.3 Å². The molecule has 4 N–H and O–H groups in total. The minimum absolute atomic E-state index is 0.0629. The Morgan fingerprint density at radius 3 is 2.54 bits per heavy atom. The van der Waals surface area contributed by atoms with Crippen molar-refractivity contribution in [2.75, 3.05) is 11.9 Å². The van der Waals surface area contributed by atoms with Crippen molar-refractivity contribution in [2.45, 2.75) is 46.2 Å². The summed E-state index contributed by atoms with van der Waals surface area (Å²) in [4.78, 5) is 78.3. The number of carbonyl (C=O) groups is 5. The lowest BCUT2D eigenvalue weighted by Gasteiger charge is -2.20. The van der Waals surface area contributed by atoms with Gasteiger partial charge in [0.15, 0.2) is 0 Å². The molecule has 41 heavy (non-hydrogen) atoms. The van der Waals surface area contributed by atoms with Gasteiger partial charge in [-0.1, -0.05) is 32.4 Å². The minimum atomic E-state index is -1.19. The molecule has 1 unspecified atom stereocenters. The molecule has 0 aliphatic rings. The van der Waals surface area contributed by atoms with Crippen LogP contribution in [0.2, 0.25) is 0 Å². The van der Waals surface area contributed by atoms with E-state index in [1.165, 1.54) is 53.6 Å². The number of allylic oxidation sites excluding steroid dienone is 2. The molecule has 0 radical (unpaired) electrons. The molecule has 0 aliphatic carbocycles. The number of amides is 3. The second kappa shape index (κ2) is 15.5. The van der Waals surface area contributed by atoms with Gasteiger partial charge < -0.3 is 34.9 Å². The molecule has 14 nitrogen and oxygen atoms in total. The van der Waals surface area contributed by atoms with E-state index in [4.69, 9.17) is 4.74 Å². The molecule has 0 fully saturated rings. The van der Waals surface area contributed by atoms with E-state index in [1.807, 2.05) is 0 Å². The summed E-state index contributed by atoms with van der Waals surface area (Å²) >= 11 is 0. The molecule has 0 saturated heterocycles. The van der Waals surface area contributed by atoms with Crippen LogP contribution in [0.4, 0.5) is 5.69 Å². The predicted molar refractivity (Wildman–Crippen MR) is 148 cm³/mol. The maximum absolute atomic E-state index is 13.1. The van der Waals surface area contributed by atoms with Crippen molar-refractivity contribution in [1.82, 2.24) is 24.8 Å². The summed E-state index contributed by atoms with van der Waals surface area (Å²) in [6.45, 7) is 4.85. The number of hydrogen-bond donors (Lipinski definition) is 4. The summed E-state index contributed by atoms with van der Waals surface area (Å²) in [5.41, 5.74) is -0.971. The number of carboxylic acids is 1. The molecule has 3 amide bonds. The Bertz CT molecular complexity index is 1390. The van der Waals surface area contributed by atoms with Crippen LogP contribution in [0.25, 0.3) is 0 Å². The second-order valence-corrected chi connectivity index (χ2v) is 8.93. The lowest BCUT2D eigenvalue weighted by atomic mass is 9.99. The number of imidazole rings is 1. The maximum atomic E-state index is 13.1. The third kappa shape index (κ3) is 9.60. The van der Waals surface area contributed by atoms with E-state index in [1.54, 1.807) is 27.8 Å². The third-order valence-electron chi connectivity index (χ3n) is 5.92. The number of carboxylic acid groups (broad SMARTS) is 1. The minimum Gasteiger partial charge on any atom is -0.480 e. The summed E-state index contributed by atoms with van der Waals surface area (Å²) in [5, 5.41) is 16.7. The molecule has 0 aliphatic heterocycles. The predicted octanol–water partition coefficient (Wildman–Crippen LogP) is 0.959. The molecular formula is C27H34N6O8. The number of aryl methyl sites for hydroxylation is 1. The van der Waals surface area contributed by atoms with Crippen molar-refractivity contribution in [3.8, 4) is 0 Å². The lowest BCUT2D eigenvalue weighted by molar-refractivity contribution is -0.143. The maximum Gasteiger partial charge on any atom is 0.330 e. The number of pyridine rings is 1. The van der Waals surface area contributed by atoms with Crippen LogP contribution >= 0.6 is 0 Å².